The molecule has 2 N–H and O–H groups in total. The van der Waals surface area contributed by atoms with Gasteiger partial charge in [0.2, 0.25) is 5.91 Å². The third kappa shape index (κ3) is 3.59. The molecule has 8 heteroatoms. The topological polar surface area (TPSA) is 88.4 Å². The fourth-order valence-electron chi connectivity index (χ4n) is 1.72. The predicted molar refractivity (Wildman–Crippen MR) is 83.0 cm³/mol. The summed E-state index contributed by atoms with van der Waals surface area (Å²) in [6, 6.07) is 2.93. The van der Waals surface area contributed by atoms with Gasteiger partial charge in [0.15, 0.2) is 0 Å². The maximum atomic E-state index is 12.0. The van der Waals surface area contributed by atoms with Crippen molar-refractivity contribution in [1.29, 1.82) is 0 Å². The van der Waals surface area contributed by atoms with Crippen LogP contribution in [0.15, 0.2) is 33.0 Å². The average molecular weight is 371 g/mol. The Morgan fingerprint density at radius 1 is 1.43 bits per heavy atom. The van der Waals surface area contributed by atoms with E-state index in [0.717, 1.165) is 11.3 Å². The third-order valence-electron chi connectivity index (χ3n) is 2.69. The molecular formula is C13H11BrN2O4S. The number of aryl methyl sites for hydroxylation is 1. The van der Waals surface area contributed by atoms with E-state index in [0.29, 0.717) is 10.0 Å². The van der Waals surface area contributed by atoms with E-state index in [4.69, 9.17) is 5.11 Å². The molecule has 1 amide bonds. The van der Waals surface area contributed by atoms with Crippen molar-refractivity contribution in [3.05, 3.63) is 49.0 Å². The van der Waals surface area contributed by atoms with Crippen molar-refractivity contribution < 1.29 is 14.7 Å². The first-order chi connectivity index (χ1) is 9.88. The standard InChI is InChI=1S/C13H11BrN2O4S/c1-7-6-21-12(13(19)20)11(7)15-9(17)5-16-4-8(14)2-3-10(16)18/h2-4,6H,5H2,1H3,(H,15,17)(H,19,20). The summed E-state index contributed by atoms with van der Waals surface area (Å²) in [5, 5.41) is 13.3. The zero-order chi connectivity index (χ0) is 15.6. The molecule has 2 heterocycles. The van der Waals surface area contributed by atoms with E-state index < -0.39 is 11.9 Å². The zero-order valence-corrected chi connectivity index (χ0v) is 13.3. The molecule has 0 aliphatic rings. The predicted octanol–water partition coefficient (Wildman–Crippen LogP) is 2.32. The van der Waals surface area contributed by atoms with Crippen LogP contribution in [0.25, 0.3) is 0 Å². The number of carboxylic acid groups (broad SMARTS) is 1. The van der Waals surface area contributed by atoms with Crippen LogP contribution in [0.3, 0.4) is 0 Å². The summed E-state index contributed by atoms with van der Waals surface area (Å²) in [4.78, 5) is 34.8. The highest BCUT2D eigenvalue weighted by Crippen LogP contribution is 2.27. The van der Waals surface area contributed by atoms with Crippen LogP contribution in [0.4, 0.5) is 5.69 Å². The van der Waals surface area contributed by atoms with E-state index in [1.807, 2.05) is 0 Å². The number of hydrogen-bond acceptors (Lipinski definition) is 4. The Balaban J connectivity index is 2.19. The number of thiophene rings is 1. The fraction of sp³-hybridized carbons (Fsp3) is 0.154. The second-order valence-corrected chi connectivity index (χ2v) is 6.08. The van der Waals surface area contributed by atoms with Crippen LogP contribution in [0.1, 0.15) is 15.2 Å². The molecule has 0 aliphatic heterocycles. The first-order valence-corrected chi connectivity index (χ1v) is 7.53. The Hall–Kier alpha value is -1.93. The SMILES string of the molecule is Cc1csc(C(=O)O)c1NC(=O)Cn1cc(Br)ccc1=O. The van der Waals surface area contributed by atoms with Gasteiger partial charge in [-0.3, -0.25) is 9.59 Å². The van der Waals surface area contributed by atoms with Crippen molar-refractivity contribution >= 4 is 44.8 Å². The Morgan fingerprint density at radius 3 is 2.81 bits per heavy atom. The monoisotopic (exact) mass is 370 g/mol. The summed E-state index contributed by atoms with van der Waals surface area (Å²) < 4.78 is 1.91. The van der Waals surface area contributed by atoms with E-state index in [1.54, 1.807) is 18.4 Å². The number of halogens is 1. The van der Waals surface area contributed by atoms with Crippen LogP contribution < -0.4 is 10.9 Å². The second kappa shape index (κ2) is 6.23. The summed E-state index contributed by atoms with van der Waals surface area (Å²) in [6.07, 6.45) is 1.50. The summed E-state index contributed by atoms with van der Waals surface area (Å²) in [6.45, 7) is 1.52. The van der Waals surface area contributed by atoms with Crippen LogP contribution in [-0.4, -0.2) is 21.6 Å². The van der Waals surface area contributed by atoms with Gasteiger partial charge in [-0.2, -0.15) is 0 Å². The normalized spacial score (nSPS) is 10.4. The quantitative estimate of drug-likeness (QED) is 0.864. The highest BCUT2D eigenvalue weighted by atomic mass is 79.9. The van der Waals surface area contributed by atoms with Gasteiger partial charge in [0.25, 0.3) is 5.56 Å². The number of anilines is 1. The number of aromatic carboxylic acids is 1. The van der Waals surface area contributed by atoms with Crippen molar-refractivity contribution in [1.82, 2.24) is 4.57 Å². The van der Waals surface area contributed by atoms with Crippen molar-refractivity contribution in [3.63, 3.8) is 0 Å². The van der Waals surface area contributed by atoms with Gasteiger partial charge in [-0.15, -0.1) is 11.3 Å². The van der Waals surface area contributed by atoms with Crippen LogP contribution in [-0.2, 0) is 11.3 Å². The summed E-state index contributed by atoms with van der Waals surface area (Å²) in [7, 11) is 0. The molecule has 6 nitrogen and oxygen atoms in total. The molecule has 0 saturated heterocycles. The Labute approximate surface area is 132 Å². The summed E-state index contributed by atoms with van der Waals surface area (Å²) in [5.41, 5.74) is 0.640. The van der Waals surface area contributed by atoms with Gasteiger partial charge in [0.05, 0.1) is 5.69 Å². The largest absolute Gasteiger partial charge is 0.477 e. The van der Waals surface area contributed by atoms with Crippen LogP contribution in [0.2, 0.25) is 0 Å². The highest BCUT2D eigenvalue weighted by molar-refractivity contribution is 9.10. The molecular weight excluding hydrogens is 360 g/mol. The van der Waals surface area contributed by atoms with Gasteiger partial charge in [0.1, 0.15) is 11.4 Å². The fourth-order valence-corrected chi connectivity index (χ4v) is 2.94. The maximum absolute atomic E-state index is 12.0. The number of carbonyl (C=O) groups is 2. The van der Waals surface area contributed by atoms with Crippen molar-refractivity contribution in [2.24, 2.45) is 0 Å². The van der Waals surface area contributed by atoms with Crippen LogP contribution in [0.5, 0.6) is 0 Å². The molecule has 0 saturated carbocycles. The molecule has 2 rings (SSSR count). The van der Waals surface area contributed by atoms with Crippen molar-refractivity contribution in [2.45, 2.75) is 13.5 Å². The second-order valence-electron chi connectivity index (χ2n) is 4.29. The van der Waals surface area contributed by atoms with Crippen molar-refractivity contribution in [2.75, 3.05) is 5.32 Å². The van der Waals surface area contributed by atoms with Gasteiger partial charge in [-0.1, -0.05) is 0 Å². The van der Waals surface area contributed by atoms with E-state index in [-0.39, 0.29) is 22.7 Å². The van der Waals surface area contributed by atoms with Crippen molar-refractivity contribution in [3.8, 4) is 0 Å². The summed E-state index contributed by atoms with van der Waals surface area (Å²) in [5.74, 6) is -1.55. The lowest BCUT2D eigenvalue weighted by Crippen LogP contribution is -2.27. The number of carbonyl (C=O) groups excluding carboxylic acids is 1. The minimum atomic E-state index is -1.09. The number of hydrogen-bond donors (Lipinski definition) is 2. The average Bonchev–Trinajstić information content (AvgIpc) is 2.75. The number of amides is 1. The van der Waals surface area contributed by atoms with Gasteiger partial charge < -0.3 is 15.0 Å². The zero-order valence-electron chi connectivity index (χ0n) is 10.9. The van der Waals surface area contributed by atoms with Crippen LogP contribution in [0, 0.1) is 6.92 Å². The molecule has 21 heavy (non-hydrogen) atoms. The lowest BCUT2D eigenvalue weighted by atomic mass is 10.2. The number of carboxylic acids is 1. The Bertz CT molecular complexity index is 766. The third-order valence-corrected chi connectivity index (χ3v) is 4.25. The first kappa shape index (κ1) is 15.5. The molecule has 0 radical (unpaired) electrons. The molecule has 0 aromatic carbocycles. The highest BCUT2D eigenvalue weighted by Gasteiger charge is 2.17. The lowest BCUT2D eigenvalue weighted by Gasteiger charge is -2.08. The lowest BCUT2D eigenvalue weighted by molar-refractivity contribution is -0.116. The number of nitrogens with zero attached hydrogens (tertiary/aromatic N) is 1. The van der Waals surface area contributed by atoms with E-state index in [1.165, 1.54) is 16.8 Å². The maximum Gasteiger partial charge on any atom is 0.348 e. The van der Waals surface area contributed by atoms with E-state index >= 15 is 0 Å². The molecule has 0 atom stereocenters. The molecule has 110 valence electrons. The molecule has 0 spiro atoms. The molecule has 0 unspecified atom stereocenters. The Morgan fingerprint density at radius 2 is 2.14 bits per heavy atom. The first-order valence-electron chi connectivity index (χ1n) is 5.85. The molecule has 0 bridgehead atoms. The van der Waals surface area contributed by atoms with E-state index in [9.17, 15) is 14.4 Å². The van der Waals surface area contributed by atoms with Gasteiger partial charge in [0, 0.05) is 16.7 Å². The smallest absolute Gasteiger partial charge is 0.348 e. The van der Waals surface area contributed by atoms with Crippen LogP contribution >= 0.6 is 27.3 Å². The minimum Gasteiger partial charge on any atom is -0.477 e. The minimum absolute atomic E-state index is 0.0717. The molecule has 2 aromatic rings. The molecule has 0 aliphatic carbocycles. The number of rotatable bonds is 4. The van der Waals surface area contributed by atoms with E-state index in [2.05, 4.69) is 21.2 Å². The van der Waals surface area contributed by atoms with Gasteiger partial charge in [-0.25, -0.2) is 4.79 Å². The number of pyridine rings is 1. The number of nitrogens with one attached hydrogen (secondary N) is 1. The summed E-state index contributed by atoms with van der Waals surface area (Å²) >= 11 is 4.27. The van der Waals surface area contributed by atoms with Gasteiger partial charge >= 0.3 is 5.97 Å². The number of aromatic nitrogens is 1. The molecule has 0 fully saturated rings. The van der Waals surface area contributed by atoms with Gasteiger partial charge in [-0.05, 0) is 39.9 Å². The molecule has 2 aromatic heterocycles. The Kier molecular flexibility index (Phi) is 4.59.